The fourth-order valence-electron chi connectivity index (χ4n) is 2.05. The van der Waals surface area contributed by atoms with Gasteiger partial charge in [0.1, 0.15) is 6.04 Å². The minimum absolute atomic E-state index is 0.0565. The van der Waals surface area contributed by atoms with Crippen molar-refractivity contribution >= 4 is 11.9 Å². The van der Waals surface area contributed by atoms with Gasteiger partial charge in [0.05, 0.1) is 13.2 Å². The number of carbonyl (C=O) groups is 2. The predicted octanol–water partition coefficient (Wildman–Crippen LogP) is 1.03. The third-order valence-corrected chi connectivity index (χ3v) is 3.01. The van der Waals surface area contributed by atoms with Crippen molar-refractivity contribution in [3.05, 3.63) is 30.1 Å². The molecule has 90 valence electrons. The lowest BCUT2D eigenvalue weighted by atomic mass is 9.89. The number of ketones is 1. The van der Waals surface area contributed by atoms with Crippen LogP contribution in [0.1, 0.15) is 12.6 Å². The second-order valence-electron chi connectivity index (χ2n) is 4.00. The molecule has 1 saturated heterocycles. The molecule has 1 fully saturated rings. The fourth-order valence-corrected chi connectivity index (χ4v) is 2.05. The van der Waals surface area contributed by atoms with Gasteiger partial charge in [-0.3, -0.25) is 14.7 Å². The van der Waals surface area contributed by atoms with Gasteiger partial charge in [-0.25, -0.2) is 4.79 Å². The SMILES string of the molecule is COC(=O)N1C(C)C(=O)[C@@H]1Cc1ccccn1. The van der Waals surface area contributed by atoms with Crippen molar-refractivity contribution in [2.45, 2.75) is 25.4 Å². The van der Waals surface area contributed by atoms with Gasteiger partial charge < -0.3 is 4.74 Å². The van der Waals surface area contributed by atoms with Gasteiger partial charge in [-0.2, -0.15) is 0 Å². The molecule has 0 spiro atoms. The highest BCUT2D eigenvalue weighted by Gasteiger charge is 2.48. The van der Waals surface area contributed by atoms with E-state index >= 15 is 0 Å². The first-order valence-electron chi connectivity index (χ1n) is 5.45. The summed E-state index contributed by atoms with van der Waals surface area (Å²) in [4.78, 5) is 28.8. The molecule has 1 aliphatic rings. The minimum atomic E-state index is -0.460. The van der Waals surface area contributed by atoms with Gasteiger partial charge in [-0.1, -0.05) is 6.07 Å². The Morgan fingerprint density at radius 2 is 2.29 bits per heavy atom. The standard InChI is InChI=1S/C12H14N2O3/c1-8-11(15)10(14(8)12(16)17-2)7-9-5-3-4-6-13-9/h3-6,8,10H,7H2,1-2H3/t8?,10-/m0/s1. The van der Waals surface area contributed by atoms with E-state index in [1.807, 2.05) is 18.2 Å². The van der Waals surface area contributed by atoms with Crippen LogP contribution in [-0.2, 0) is 16.0 Å². The van der Waals surface area contributed by atoms with Crippen molar-refractivity contribution in [3.8, 4) is 0 Å². The molecular formula is C12H14N2O3. The molecule has 1 amide bonds. The summed E-state index contributed by atoms with van der Waals surface area (Å²) >= 11 is 0. The normalized spacial score (nSPS) is 23.2. The van der Waals surface area contributed by atoms with Crippen LogP contribution in [0.4, 0.5) is 4.79 Å². The molecular weight excluding hydrogens is 220 g/mol. The highest BCUT2D eigenvalue weighted by Crippen LogP contribution is 2.25. The number of nitrogens with zero attached hydrogens (tertiary/aromatic N) is 2. The minimum Gasteiger partial charge on any atom is -0.453 e. The van der Waals surface area contributed by atoms with E-state index in [0.717, 1.165) is 5.69 Å². The molecule has 1 aromatic rings. The smallest absolute Gasteiger partial charge is 0.410 e. The highest BCUT2D eigenvalue weighted by molar-refractivity contribution is 6.00. The highest BCUT2D eigenvalue weighted by atomic mass is 16.5. The average Bonchev–Trinajstić information content (AvgIpc) is 2.38. The lowest BCUT2D eigenvalue weighted by Crippen LogP contribution is -2.66. The second-order valence-corrected chi connectivity index (χ2v) is 4.00. The van der Waals surface area contributed by atoms with Gasteiger partial charge in [0, 0.05) is 18.3 Å². The largest absolute Gasteiger partial charge is 0.453 e. The zero-order valence-electron chi connectivity index (χ0n) is 9.79. The van der Waals surface area contributed by atoms with Gasteiger partial charge >= 0.3 is 6.09 Å². The van der Waals surface area contributed by atoms with Crippen molar-refractivity contribution < 1.29 is 14.3 Å². The molecule has 5 heteroatoms. The van der Waals surface area contributed by atoms with E-state index in [0.29, 0.717) is 6.42 Å². The molecule has 2 atom stereocenters. The molecule has 0 N–H and O–H groups in total. The maximum atomic E-state index is 11.7. The molecule has 0 saturated carbocycles. The molecule has 1 aliphatic heterocycles. The number of Topliss-reactive ketones (excluding diaryl/α,β-unsaturated/α-hetero) is 1. The van der Waals surface area contributed by atoms with Crippen LogP contribution in [0.5, 0.6) is 0 Å². The average molecular weight is 234 g/mol. The number of carbonyl (C=O) groups excluding carboxylic acids is 2. The number of likely N-dealkylation sites (tertiary alicyclic amines) is 1. The van der Waals surface area contributed by atoms with Crippen LogP contribution in [-0.4, -0.2) is 41.0 Å². The zero-order valence-corrected chi connectivity index (χ0v) is 9.79. The molecule has 0 bridgehead atoms. The molecule has 1 aromatic heterocycles. The Labute approximate surface area is 99.4 Å². The lowest BCUT2D eigenvalue weighted by Gasteiger charge is -2.43. The van der Waals surface area contributed by atoms with Crippen LogP contribution in [0, 0.1) is 0 Å². The molecule has 1 unspecified atom stereocenters. The quantitative estimate of drug-likeness (QED) is 0.767. The fraction of sp³-hybridized carbons (Fsp3) is 0.417. The Hall–Kier alpha value is -1.91. The number of pyridine rings is 1. The number of hydrogen-bond acceptors (Lipinski definition) is 4. The molecule has 2 heterocycles. The summed E-state index contributed by atoms with van der Waals surface area (Å²) < 4.78 is 4.66. The zero-order chi connectivity index (χ0) is 12.4. The summed E-state index contributed by atoms with van der Waals surface area (Å²) in [7, 11) is 1.32. The summed E-state index contributed by atoms with van der Waals surface area (Å²) in [5, 5.41) is 0. The van der Waals surface area contributed by atoms with Gasteiger partial charge in [0.2, 0.25) is 0 Å². The van der Waals surface area contributed by atoms with Crippen LogP contribution < -0.4 is 0 Å². The Balaban J connectivity index is 2.10. The van der Waals surface area contributed by atoms with Crippen molar-refractivity contribution in [1.29, 1.82) is 0 Å². The molecule has 2 rings (SSSR count). The van der Waals surface area contributed by atoms with Gasteiger partial charge in [-0.05, 0) is 19.1 Å². The van der Waals surface area contributed by atoms with Crippen LogP contribution in [0.25, 0.3) is 0 Å². The molecule has 5 nitrogen and oxygen atoms in total. The van der Waals surface area contributed by atoms with E-state index in [9.17, 15) is 9.59 Å². The molecule has 0 aromatic carbocycles. The van der Waals surface area contributed by atoms with Gasteiger partial charge in [-0.15, -0.1) is 0 Å². The summed E-state index contributed by atoms with van der Waals surface area (Å²) in [5.41, 5.74) is 0.798. The van der Waals surface area contributed by atoms with Crippen molar-refractivity contribution in [2.75, 3.05) is 7.11 Å². The Bertz CT molecular complexity index is 433. The Morgan fingerprint density at radius 3 is 2.88 bits per heavy atom. The molecule has 0 aliphatic carbocycles. The van der Waals surface area contributed by atoms with Crippen LogP contribution in [0.2, 0.25) is 0 Å². The van der Waals surface area contributed by atoms with Crippen molar-refractivity contribution in [3.63, 3.8) is 0 Å². The molecule has 17 heavy (non-hydrogen) atoms. The third kappa shape index (κ3) is 2.00. The van der Waals surface area contributed by atoms with Crippen LogP contribution in [0.15, 0.2) is 24.4 Å². The first-order valence-corrected chi connectivity index (χ1v) is 5.45. The number of rotatable bonds is 2. The number of methoxy groups -OCH3 is 1. The first-order chi connectivity index (χ1) is 8.15. The summed E-state index contributed by atoms with van der Waals surface area (Å²) in [5.74, 6) is 0.0565. The number of ether oxygens (including phenoxy) is 1. The summed E-state index contributed by atoms with van der Waals surface area (Å²) in [6.45, 7) is 1.70. The van der Waals surface area contributed by atoms with Crippen molar-refractivity contribution in [1.82, 2.24) is 9.88 Å². The maximum Gasteiger partial charge on any atom is 0.410 e. The third-order valence-electron chi connectivity index (χ3n) is 3.01. The Kier molecular flexibility index (Phi) is 3.08. The Morgan fingerprint density at radius 1 is 1.53 bits per heavy atom. The van der Waals surface area contributed by atoms with Crippen molar-refractivity contribution in [2.24, 2.45) is 0 Å². The number of hydrogen-bond donors (Lipinski definition) is 0. The first kappa shape index (κ1) is 11.6. The summed E-state index contributed by atoms with van der Waals surface area (Å²) in [6.07, 6.45) is 1.65. The van der Waals surface area contributed by atoms with E-state index in [2.05, 4.69) is 9.72 Å². The van der Waals surface area contributed by atoms with E-state index in [-0.39, 0.29) is 5.78 Å². The topological polar surface area (TPSA) is 59.5 Å². The van der Waals surface area contributed by atoms with E-state index in [1.54, 1.807) is 13.1 Å². The predicted molar refractivity (Wildman–Crippen MR) is 60.4 cm³/mol. The monoisotopic (exact) mass is 234 g/mol. The number of amides is 1. The van der Waals surface area contributed by atoms with Gasteiger partial charge in [0.25, 0.3) is 0 Å². The maximum absolute atomic E-state index is 11.7. The number of aromatic nitrogens is 1. The lowest BCUT2D eigenvalue weighted by molar-refractivity contribution is -0.141. The van der Waals surface area contributed by atoms with Gasteiger partial charge in [0.15, 0.2) is 5.78 Å². The van der Waals surface area contributed by atoms with E-state index in [4.69, 9.17) is 0 Å². The van der Waals surface area contributed by atoms with Crippen LogP contribution >= 0.6 is 0 Å². The van der Waals surface area contributed by atoms with E-state index < -0.39 is 18.2 Å². The van der Waals surface area contributed by atoms with E-state index in [1.165, 1.54) is 12.0 Å². The summed E-state index contributed by atoms with van der Waals surface area (Å²) in [6, 6.07) is 4.68. The van der Waals surface area contributed by atoms with Crippen LogP contribution in [0.3, 0.4) is 0 Å². The second kappa shape index (κ2) is 4.53. The molecule has 0 radical (unpaired) electrons.